The van der Waals surface area contributed by atoms with Crippen LogP contribution in [0.1, 0.15) is 10.4 Å². The number of carboxylic acid groups (broad SMARTS) is 1. The van der Waals surface area contributed by atoms with Crippen molar-refractivity contribution in [3.05, 3.63) is 41.4 Å². The lowest BCUT2D eigenvalue weighted by Gasteiger charge is -2.04. The number of aromatic carboxylic acids is 1. The van der Waals surface area contributed by atoms with E-state index < -0.39 is 5.97 Å². The van der Waals surface area contributed by atoms with Gasteiger partial charge in [-0.05, 0) is 18.2 Å². The molecule has 0 bridgehead atoms. The Labute approximate surface area is 86.6 Å². The van der Waals surface area contributed by atoms with Gasteiger partial charge in [-0.15, -0.1) is 0 Å². The molecule has 0 fully saturated rings. The van der Waals surface area contributed by atoms with Gasteiger partial charge in [0.05, 0.1) is 10.6 Å². The van der Waals surface area contributed by atoms with Crippen molar-refractivity contribution in [1.29, 1.82) is 0 Å². The molecule has 0 radical (unpaired) electrons. The standard InChI is InChI=1S/C10H9ClO3/c1-2-5-14-7-3-4-8(10(12)13)9(11)6-7/h2-4,6H,1,5H2,(H,12,13). The second-order valence-electron chi connectivity index (χ2n) is 2.55. The van der Waals surface area contributed by atoms with E-state index in [9.17, 15) is 4.79 Å². The summed E-state index contributed by atoms with van der Waals surface area (Å²) in [6, 6.07) is 4.43. The first-order chi connectivity index (χ1) is 6.65. The second kappa shape index (κ2) is 4.67. The van der Waals surface area contributed by atoms with Gasteiger partial charge in [0.1, 0.15) is 12.4 Å². The number of rotatable bonds is 4. The van der Waals surface area contributed by atoms with Crippen LogP contribution in [-0.4, -0.2) is 17.7 Å². The fourth-order valence-corrected chi connectivity index (χ4v) is 1.17. The molecule has 4 heteroatoms. The number of benzene rings is 1. The average molecular weight is 213 g/mol. The summed E-state index contributed by atoms with van der Waals surface area (Å²) in [6.07, 6.45) is 1.60. The zero-order valence-corrected chi connectivity index (χ0v) is 8.12. The van der Waals surface area contributed by atoms with Crippen LogP contribution >= 0.6 is 11.6 Å². The molecule has 1 aromatic rings. The van der Waals surface area contributed by atoms with Gasteiger partial charge in [0.2, 0.25) is 0 Å². The van der Waals surface area contributed by atoms with Gasteiger partial charge in [-0.1, -0.05) is 24.3 Å². The van der Waals surface area contributed by atoms with Crippen LogP contribution < -0.4 is 4.74 Å². The van der Waals surface area contributed by atoms with Crippen LogP contribution in [0.4, 0.5) is 0 Å². The first kappa shape index (κ1) is 10.6. The minimum Gasteiger partial charge on any atom is -0.490 e. The summed E-state index contributed by atoms with van der Waals surface area (Å²) in [5.74, 6) is -0.523. The molecule has 0 heterocycles. The van der Waals surface area contributed by atoms with Crippen molar-refractivity contribution in [3.63, 3.8) is 0 Å². The van der Waals surface area contributed by atoms with E-state index in [-0.39, 0.29) is 10.6 Å². The molecular weight excluding hydrogens is 204 g/mol. The summed E-state index contributed by atoms with van der Waals surface area (Å²) in [4.78, 5) is 10.6. The van der Waals surface area contributed by atoms with Crippen molar-refractivity contribution in [2.45, 2.75) is 0 Å². The average Bonchev–Trinajstić information content (AvgIpc) is 2.14. The molecule has 0 saturated carbocycles. The SMILES string of the molecule is C=CCOc1ccc(C(=O)O)c(Cl)c1. The van der Waals surface area contributed by atoms with Crippen LogP contribution in [0.3, 0.4) is 0 Å². The molecule has 1 rings (SSSR count). The van der Waals surface area contributed by atoms with Gasteiger partial charge in [0.15, 0.2) is 0 Å². The van der Waals surface area contributed by atoms with Gasteiger partial charge in [0, 0.05) is 0 Å². The van der Waals surface area contributed by atoms with Crippen LogP contribution in [0.15, 0.2) is 30.9 Å². The molecule has 0 aliphatic carbocycles. The van der Waals surface area contributed by atoms with E-state index in [1.807, 2.05) is 0 Å². The third-order valence-corrected chi connectivity index (χ3v) is 1.85. The minimum absolute atomic E-state index is 0.0672. The number of carbonyl (C=O) groups is 1. The Hall–Kier alpha value is -1.48. The van der Waals surface area contributed by atoms with Crippen molar-refractivity contribution >= 4 is 17.6 Å². The number of hydrogen-bond acceptors (Lipinski definition) is 2. The Morgan fingerprint density at radius 3 is 2.86 bits per heavy atom. The van der Waals surface area contributed by atoms with E-state index in [0.29, 0.717) is 12.4 Å². The van der Waals surface area contributed by atoms with Crippen LogP contribution in [-0.2, 0) is 0 Å². The lowest BCUT2D eigenvalue weighted by molar-refractivity contribution is 0.0697. The molecule has 1 N–H and O–H groups in total. The lowest BCUT2D eigenvalue weighted by atomic mass is 10.2. The van der Waals surface area contributed by atoms with Gasteiger partial charge in [-0.25, -0.2) is 4.79 Å². The highest BCUT2D eigenvalue weighted by atomic mass is 35.5. The Kier molecular flexibility index (Phi) is 3.54. The minimum atomic E-state index is -1.05. The maximum absolute atomic E-state index is 10.6. The first-order valence-corrected chi connectivity index (χ1v) is 4.29. The molecule has 0 atom stereocenters. The molecule has 74 valence electrons. The van der Waals surface area contributed by atoms with Crippen molar-refractivity contribution in [1.82, 2.24) is 0 Å². The zero-order valence-electron chi connectivity index (χ0n) is 7.37. The largest absolute Gasteiger partial charge is 0.490 e. The molecule has 1 aromatic carbocycles. The highest BCUT2D eigenvalue weighted by molar-refractivity contribution is 6.33. The monoisotopic (exact) mass is 212 g/mol. The topological polar surface area (TPSA) is 46.5 Å². The molecular formula is C10H9ClO3. The van der Waals surface area contributed by atoms with Gasteiger partial charge in [0.25, 0.3) is 0 Å². The Balaban J connectivity index is 2.88. The Morgan fingerprint density at radius 2 is 2.36 bits per heavy atom. The van der Waals surface area contributed by atoms with Crippen LogP contribution in [0, 0.1) is 0 Å². The molecule has 0 unspecified atom stereocenters. The molecule has 14 heavy (non-hydrogen) atoms. The zero-order chi connectivity index (χ0) is 10.6. The van der Waals surface area contributed by atoms with Crippen molar-refractivity contribution < 1.29 is 14.6 Å². The third kappa shape index (κ3) is 2.50. The van der Waals surface area contributed by atoms with Crippen molar-refractivity contribution in [2.75, 3.05) is 6.61 Å². The summed E-state index contributed by atoms with van der Waals surface area (Å²) < 4.78 is 5.18. The molecule has 0 aliphatic heterocycles. The van der Waals surface area contributed by atoms with E-state index in [4.69, 9.17) is 21.4 Å². The van der Waals surface area contributed by atoms with Crippen LogP contribution in [0.25, 0.3) is 0 Å². The summed E-state index contributed by atoms with van der Waals surface area (Å²) in [6.45, 7) is 3.86. The fourth-order valence-electron chi connectivity index (χ4n) is 0.914. The van der Waals surface area contributed by atoms with Crippen molar-refractivity contribution in [3.8, 4) is 5.75 Å². The summed E-state index contributed by atoms with van der Waals surface area (Å²) in [7, 11) is 0. The Morgan fingerprint density at radius 1 is 1.64 bits per heavy atom. The maximum Gasteiger partial charge on any atom is 0.337 e. The molecule has 0 saturated heterocycles. The van der Waals surface area contributed by atoms with E-state index >= 15 is 0 Å². The highest BCUT2D eigenvalue weighted by Crippen LogP contribution is 2.22. The number of halogens is 1. The number of carboxylic acids is 1. The first-order valence-electron chi connectivity index (χ1n) is 3.91. The van der Waals surface area contributed by atoms with Crippen LogP contribution in [0.2, 0.25) is 5.02 Å². The molecule has 0 amide bonds. The molecule has 0 aliphatic rings. The van der Waals surface area contributed by atoms with Crippen LogP contribution in [0.5, 0.6) is 5.75 Å². The summed E-state index contributed by atoms with van der Waals surface area (Å²) in [5, 5.41) is 8.86. The predicted molar refractivity (Wildman–Crippen MR) is 54.1 cm³/mol. The smallest absolute Gasteiger partial charge is 0.337 e. The van der Waals surface area contributed by atoms with E-state index in [2.05, 4.69) is 6.58 Å². The summed E-state index contributed by atoms with van der Waals surface area (Å²) >= 11 is 5.72. The lowest BCUT2D eigenvalue weighted by Crippen LogP contribution is -1.98. The van der Waals surface area contributed by atoms with Gasteiger partial charge >= 0.3 is 5.97 Å². The highest BCUT2D eigenvalue weighted by Gasteiger charge is 2.08. The number of ether oxygens (including phenoxy) is 1. The van der Waals surface area contributed by atoms with Gasteiger partial charge in [-0.2, -0.15) is 0 Å². The second-order valence-corrected chi connectivity index (χ2v) is 2.95. The normalized spacial score (nSPS) is 9.50. The fraction of sp³-hybridized carbons (Fsp3) is 0.100. The molecule has 3 nitrogen and oxygen atoms in total. The van der Waals surface area contributed by atoms with Crippen molar-refractivity contribution in [2.24, 2.45) is 0 Å². The van der Waals surface area contributed by atoms with Gasteiger partial charge in [-0.3, -0.25) is 0 Å². The third-order valence-electron chi connectivity index (χ3n) is 1.54. The number of hydrogen-bond donors (Lipinski definition) is 1. The summed E-state index contributed by atoms with van der Waals surface area (Å²) in [5.41, 5.74) is 0.0672. The Bertz CT molecular complexity index is 360. The molecule has 0 spiro atoms. The van der Waals surface area contributed by atoms with E-state index in [1.165, 1.54) is 12.1 Å². The predicted octanol–water partition coefficient (Wildman–Crippen LogP) is 2.60. The van der Waals surface area contributed by atoms with E-state index in [1.54, 1.807) is 12.1 Å². The maximum atomic E-state index is 10.6. The molecule has 0 aromatic heterocycles. The quantitative estimate of drug-likeness (QED) is 0.781. The van der Waals surface area contributed by atoms with E-state index in [0.717, 1.165) is 0 Å². The van der Waals surface area contributed by atoms with Gasteiger partial charge < -0.3 is 9.84 Å².